The van der Waals surface area contributed by atoms with E-state index in [4.69, 9.17) is 0 Å². The molecule has 1 aliphatic heterocycles. The predicted octanol–water partition coefficient (Wildman–Crippen LogP) is 3.13. The van der Waals surface area contributed by atoms with E-state index in [0.717, 1.165) is 31.5 Å². The Balaban J connectivity index is 1.64. The minimum absolute atomic E-state index is 0.0711. The van der Waals surface area contributed by atoms with Crippen molar-refractivity contribution < 1.29 is 9.59 Å². The molecule has 0 bridgehead atoms. The number of aromatic nitrogens is 1. The van der Waals surface area contributed by atoms with Crippen molar-refractivity contribution in [3.8, 4) is 0 Å². The van der Waals surface area contributed by atoms with Crippen LogP contribution >= 0.6 is 0 Å². The maximum Gasteiger partial charge on any atom is 0.222 e. The van der Waals surface area contributed by atoms with Crippen LogP contribution in [0.15, 0.2) is 54.7 Å². The number of rotatable bonds is 6. The van der Waals surface area contributed by atoms with Gasteiger partial charge in [0, 0.05) is 38.5 Å². The highest BCUT2D eigenvalue weighted by atomic mass is 16.2. The lowest BCUT2D eigenvalue weighted by atomic mass is 9.88. The van der Waals surface area contributed by atoms with E-state index in [1.54, 1.807) is 6.20 Å². The fourth-order valence-corrected chi connectivity index (χ4v) is 3.77. The summed E-state index contributed by atoms with van der Waals surface area (Å²) in [6, 6.07) is 15.7. The van der Waals surface area contributed by atoms with Gasteiger partial charge in [0.15, 0.2) is 0 Å². The van der Waals surface area contributed by atoms with Crippen LogP contribution in [0.2, 0.25) is 0 Å². The minimum atomic E-state index is -0.159. The fraction of sp³-hybridized carbons (Fsp3) is 0.409. The van der Waals surface area contributed by atoms with Gasteiger partial charge in [0.05, 0.1) is 11.7 Å². The Morgan fingerprint density at radius 1 is 1.19 bits per heavy atom. The van der Waals surface area contributed by atoms with Crippen LogP contribution in [-0.4, -0.2) is 34.8 Å². The summed E-state index contributed by atoms with van der Waals surface area (Å²) < 4.78 is 0. The molecule has 1 aromatic heterocycles. The van der Waals surface area contributed by atoms with Crippen LogP contribution in [0, 0.1) is 5.92 Å². The number of nitrogens with one attached hydrogen (secondary N) is 1. The van der Waals surface area contributed by atoms with Gasteiger partial charge in [-0.05, 0) is 37.0 Å². The number of hydrogen-bond acceptors (Lipinski definition) is 3. The van der Waals surface area contributed by atoms with Crippen LogP contribution < -0.4 is 5.32 Å². The van der Waals surface area contributed by atoms with Crippen molar-refractivity contribution in [2.45, 2.75) is 38.6 Å². The highest BCUT2D eigenvalue weighted by Crippen LogP contribution is 2.29. The number of carbonyl (C=O) groups excluding carboxylic acids is 2. The first-order valence-corrected chi connectivity index (χ1v) is 9.63. The third-order valence-electron chi connectivity index (χ3n) is 5.12. The molecule has 1 fully saturated rings. The average molecular weight is 365 g/mol. The summed E-state index contributed by atoms with van der Waals surface area (Å²) in [5.41, 5.74) is 2.04. The summed E-state index contributed by atoms with van der Waals surface area (Å²) >= 11 is 0. The lowest BCUT2D eigenvalue weighted by molar-refractivity contribution is -0.133. The summed E-state index contributed by atoms with van der Waals surface area (Å²) in [6.45, 7) is 2.98. The van der Waals surface area contributed by atoms with Crippen molar-refractivity contribution in [3.63, 3.8) is 0 Å². The zero-order valence-corrected chi connectivity index (χ0v) is 15.8. The molecule has 3 rings (SSSR count). The van der Waals surface area contributed by atoms with Gasteiger partial charge in [-0.2, -0.15) is 0 Å². The Morgan fingerprint density at radius 3 is 2.67 bits per heavy atom. The van der Waals surface area contributed by atoms with Gasteiger partial charge in [-0.15, -0.1) is 0 Å². The topological polar surface area (TPSA) is 62.3 Å². The molecule has 1 N–H and O–H groups in total. The van der Waals surface area contributed by atoms with E-state index in [9.17, 15) is 9.59 Å². The molecule has 0 spiro atoms. The van der Waals surface area contributed by atoms with E-state index < -0.39 is 0 Å². The van der Waals surface area contributed by atoms with Gasteiger partial charge in [-0.25, -0.2) is 0 Å². The number of aryl methyl sites for hydroxylation is 1. The van der Waals surface area contributed by atoms with Gasteiger partial charge in [0.1, 0.15) is 0 Å². The van der Waals surface area contributed by atoms with Crippen LogP contribution in [0.25, 0.3) is 0 Å². The number of likely N-dealkylation sites (tertiary alicyclic amines) is 1. The largest absolute Gasteiger partial charge is 0.348 e. The molecule has 2 atom stereocenters. The number of hydrogen-bond donors (Lipinski definition) is 1. The highest BCUT2D eigenvalue weighted by Gasteiger charge is 2.31. The van der Waals surface area contributed by atoms with Crippen molar-refractivity contribution >= 4 is 11.8 Å². The third-order valence-corrected chi connectivity index (χ3v) is 5.12. The van der Waals surface area contributed by atoms with E-state index in [-0.39, 0.29) is 23.8 Å². The lowest BCUT2D eigenvalue weighted by Gasteiger charge is -2.37. The molecule has 27 heavy (non-hydrogen) atoms. The first-order chi connectivity index (χ1) is 13.1. The second-order valence-electron chi connectivity index (χ2n) is 7.16. The number of nitrogens with zero attached hydrogens (tertiary/aromatic N) is 2. The standard InChI is InChI=1S/C22H27N3O2/c1-17(26)24-22(20-11-5-6-14-23-20)19-10-7-15-25(16-19)21(27)13-12-18-8-3-2-4-9-18/h2-6,8-9,11,14,19,22H,7,10,12-13,15-16H2,1H3,(H,24,26)/t19-,22+/m1/s1. The zero-order valence-electron chi connectivity index (χ0n) is 15.8. The maximum absolute atomic E-state index is 12.7. The molecule has 0 aliphatic carbocycles. The van der Waals surface area contributed by atoms with Gasteiger partial charge < -0.3 is 10.2 Å². The van der Waals surface area contributed by atoms with E-state index in [1.807, 2.05) is 41.3 Å². The van der Waals surface area contributed by atoms with Crippen molar-refractivity contribution in [1.29, 1.82) is 0 Å². The smallest absolute Gasteiger partial charge is 0.222 e. The number of pyridine rings is 1. The quantitative estimate of drug-likeness (QED) is 0.855. The SMILES string of the molecule is CC(=O)N[C@H](c1ccccn1)[C@@H]1CCCN(C(=O)CCc2ccccc2)C1. The molecule has 1 saturated heterocycles. The van der Waals surface area contributed by atoms with E-state index >= 15 is 0 Å². The molecular formula is C22H27N3O2. The summed E-state index contributed by atoms with van der Waals surface area (Å²) in [7, 11) is 0. The van der Waals surface area contributed by atoms with Crippen LogP contribution in [-0.2, 0) is 16.0 Å². The molecule has 2 heterocycles. The van der Waals surface area contributed by atoms with Crippen LogP contribution in [0.5, 0.6) is 0 Å². The average Bonchev–Trinajstić information content (AvgIpc) is 2.71. The molecule has 0 radical (unpaired) electrons. The highest BCUT2D eigenvalue weighted by molar-refractivity contribution is 5.76. The molecule has 5 nitrogen and oxygen atoms in total. The fourth-order valence-electron chi connectivity index (χ4n) is 3.77. The van der Waals surface area contributed by atoms with E-state index in [2.05, 4.69) is 22.4 Å². The Kier molecular flexibility index (Phi) is 6.58. The number of benzene rings is 1. The Hall–Kier alpha value is -2.69. The number of amides is 2. The van der Waals surface area contributed by atoms with Gasteiger partial charge in [-0.3, -0.25) is 14.6 Å². The van der Waals surface area contributed by atoms with Crippen LogP contribution in [0.1, 0.15) is 43.5 Å². The van der Waals surface area contributed by atoms with E-state index in [1.165, 1.54) is 12.5 Å². The van der Waals surface area contributed by atoms with Crippen LogP contribution in [0.3, 0.4) is 0 Å². The Bertz CT molecular complexity index is 749. The van der Waals surface area contributed by atoms with Crippen molar-refractivity contribution in [3.05, 3.63) is 66.0 Å². The Labute approximate surface area is 160 Å². The first-order valence-electron chi connectivity index (χ1n) is 9.63. The van der Waals surface area contributed by atoms with Gasteiger partial charge in [0.2, 0.25) is 11.8 Å². The normalized spacial score (nSPS) is 18.0. The number of carbonyl (C=O) groups is 2. The molecule has 1 aliphatic rings. The second-order valence-corrected chi connectivity index (χ2v) is 7.16. The van der Waals surface area contributed by atoms with E-state index in [0.29, 0.717) is 13.0 Å². The summed E-state index contributed by atoms with van der Waals surface area (Å²) in [5.74, 6) is 0.294. The van der Waals surface area contributed by atoms with Gasteiger partial charge in [0.25, 0.3) is 0 Å². The molecule has 5 heteroatoms. The van der Waals surface area contributed by atoms with Crippen molar-refractivity contribution in [2.24, 2.45) is 5.92 Å². The zero-order chi connectivity index (χ0) is 19.1. The first kappa shape index (κ1) is 19.1. The van der Waals surface area contributed by atoms with Gasteiger partial charge >= 0.3 is 0 Å². The van der Waals surface area contributed by atoms with Gasteiger partial charge in [-0.1, -0.05) is 36.4 Å². The maximum atomic E-state index is 12.7. The predicted molar refractivity (Wildman–Crippen MR) is 105 cm³/mol. The molecule has 2 aromatic rings. The van der Waals surface area contributed by atoms with Crippen LogP contribution in [0.4, 0.5) is 0 Å². The minimum Gasteiger partial charge on any atom is -0.348 e. The lowest BCUT2D eigenvalue weighted by Crippen LogP contribution is -2.45. The van der Waals surface area contributed by atoms with Crippen molar-refractivity contribution in [2.75, 3.05) is 13.1 Å². The molecule has 0 saturated carbocycles. The monoisotopic (exact) mass is 365 g/mol. The Morgan fingerprint density at radius 2 is 1.96 bits per heavy atom. The summed E-state index contributed by atoms with van der Waals surface area (Å²) in [4.78, 5) is 30.8. The molecule has 2 amide bonds. The molecule has 0 unspecified atom stereocenters. The third kappa shape index (κ3) is 5.39. The van der Waals surface area contributed by atoms with Crippen molar-refractivity contribution in [1.82, 2.24) is 15.2 Å². The number of piperidine rings is 1. The second kappa shape index (κ2) is 9.31. The summed E-state index contributed by atoms with van der Waals surface area (Å²) in [5, 5.41) is 3.04. The molecular weight excluding hydrogens is 338 g/mol. The molecule has 1 aromatic carbocycles. The summed E-state index contributed by atoms with van der Waals surface area (Å²) in [6.07, 6.45) is 4.95. The molecule has 142 valence electrons.